The van der Waals surface area contributed by atoms with Crippen LogP contribution in [0.1, 0.15) is 37.7 Å². The first kappa shape index (κ1) is 15.9. The molecule has 20 heavy (non-hydrogen) atoms. The second-order valence-corrected chi connectivity index (χ2v) is 7.87. The number of rotatable bonds is 5. The molecule has 0 radical (unpaired) electrons. The summed E-state index contributed by atoms with van der Waals surface area (Å²) in [4.78, 5) is 0.227. The molecule has 0 saturated heterocycles. The van der Waals surface area contributed by atoms with Gasteiger partial charge in [-0.2, -0.15) is 0 Å². The molecule has 0 aliphatic heterocycles. The highest BCUT2D eigenvalue weighted by molar-refractivity contribution is 9.10. The van der Waals surface area contributed by atoms with Gasteiger partial charge in [0, 0.05) is 11.0 Å². The van der Waals surface area contributed by atoms with Gasteiger partial charge < -0.3 is 5.11 Å². The number of aliphatic hydroxyl groups is 1. The van der Waals surface area contributed by atoms with E-state index in [-0.39, 0.29) is 11.5 Å². The van der Waals surface area contributed by atoms with Crippen molar-refractivity contribution in [2.75, 3.05) is 6.54 Å². The van der Waals surface area contributed by atoms with Crippen molar-refractivity contribution in [1.82, 2.24) is 4.72 Å². The lowest BCUT2D eigenvalue weighted by atomic mass is 9.90. The Morgan fingerprint density at radius 3 is 2.55 bits per heavy atom. The Balaban J connectivity index is 2.05. The first-order valence-electron chi connectivity index (χ1n) is 6.92. The number of benzene rings is 1. The lowest BCUT2D eigenvalue weighted by molar-refractivity contribution is 0.281. The molecule has 1 aromatic rings. The smallest absolute Gasteiger partial charge is 0.241 e. The predicted octanol–water partition coefficient (Wildman–Crippen LogP) is 2.80. The molecule has 2 rings (SSSR count). The summed E-state index contributed by atoms with van der Waals surface area (Å²) in [6.07, 6.45) is 5.86. The maximum absolute atomic E-state index is 12.3. The highest BCUT2D eigenvalue weighted by Crippen LogP contribution is 2.25. The Morgan fingerprint density at radius 2 is 1.95 bits per heavy atom. The van der Waals surface area contributed by atoms with Crippen molar-refractivity contribution in [2.24, 2.45) is 5.92 Å². The van der Waals surface area contributed by atoms with E-state index in [1.807, 2.05) is 0 Å². The minimum absolute atomic E-state index is 0.103. The Hall–Kier alpha value is -0.430. The topological polar surface area (TPSA) is 66.4 Å². The number of halogens is 1. The van der Waals surface area contributed by atoms with Gasteiger partial charge in [0.2, 0.25) is 10.0 Å². The molecule has 0 bridgehead atoms. The summed E-state index contributed by atoms with van der Waals surface area (Å²) in [5.74, 6) is 0.453. The predicted molar refractivity (Wildman–Crippen MR) is 81.8 cm³/mol. The summed E-state index contributed by atoms with van der Waals surface area (Å²) in [7, 11) is -3.49. The number of hydrogen-bond acceptors (Lipinski definition) is 3. The van der Waals surface area contributed by atoms with Crippen molar-refractivity contribution in [1.29, 1.82) is 0 Å². The Labute approximate surface area is 128 Å². The molecule has 4 nitrogen and oxygen atoms in total. The van der Waals surface area contributed by atoms with Gasteiger partial charge in [-0.1, -0.05) is 25.3 Å². The lowest BCUT2D eigenvalue weighted by Gasteiger charge is -2.21. The SMILES string of the molecule is O=S(=O)(NCC1CCCCC1)c1ccc(CO)cc1Br. The molecule has 1 saturated carbocycles. The normalized spacial score (nSPS) is 17.3. The Bertz CT molecular complexity index is 554. The van der Waals surface area contributed by atoms with E-state index >= 15 is 0 Å². The molecule has 1 fully saturated rings. The van der Waals surface area contributed by atoms with Crippen LogP contribution in [0.15, 0.2) is 27.6 Å². The van der Waals surface area contributed by atoms with Gasteiger partial charge in [-0.3, -0.25) is 0 Å². The molecule has 6 heteroatoms. The third-order valence-electron chi connectivity index (χ3n) is 3.76. The van der Waals surface area contributed by atoms with Crippen molar-refractivity contribution < 1.29 is 13.5 Å². The van der Waals surface area contributed by atoms with Crippen LogP contribution < -0.4 is 4.72 Å². The summed E-state index contributed by atoms with van der Waals surface area (Å²) in [5.41, 5.74) is 0.683. The van der Waals surface area contributed by atoms with Crippen LogP contribution in [0.25, 0.3) is 0 Å². The first-order chi connectivity index (χ1) is 9.53. The average molecular weight is 362 g/mol. The zero-order chi connectivity index (χ0) is 14.6. The summed E-state index contributed by atoms with van der Waals surface area (Å²) in [6.45, 7) is 0.408. The van der Waals surface area contributed by atoms with E-state index in [2.05, 4.69) is 20.7 Å². The van der Waals surface area contributed by atoms with Crippen molar-refractivity contribution >= 4 is 26.0 Å². The molecule has 1 aliphatic rings. The summed E-state index contributed by atoms with van der Waals surface area (Å²) in [6, 6.07) is 4.79. The molecule has 0 amide bonds. The van der Waals surface area contributed by atoms with Gasteiger partial charge in [-0.15, -0.1) is 0 Å². The zero-order valence-electron chi connectivity index (χ0n) is 11.3. The highest BCUT2D eigenvalue weighted by Gasteiger charge is 2.20. The maximum atomic E-state index is 12.3. The van der Waals surface area contributed by atoms with Crippen LogP contribution in [0.2, 0.25) is 0 Å². The summed E-state index contributed by atoms with van der Waals surface area (Å²) < 4.78 is 27.8. The van der Waals surface area contributed by atoms with Crippen LogP contribution in [0.4, 0.5) is 0 Å². The van der Waals surface area contributed by atoms with Crippen molar-refractivity contribution in [3.63, 3.8) is 0 Å². The second-order valence-electron chi connectivity index (χ2n) is 5.28. The Morgan fingerprint density at radius 1 is 1.25 bits per heavy atom. The largest absolute Gasteiger partial charge is 0.392 e. The molecule has 0 spiro atoms. The fourth-order valence-electron chi connectivity index (χ4n) is 2.56. The minimum Gasteiger partial charge on any atom is -0.392 e. The fourth-order valence-corrected chi connectivity index (χ4v) is 4.80. The second kappa shape index (κ2) is 7.02. The van der Waals surface area contributed by atoms with Crippen LogP contribution in [-0.2, 0) is 16.6 Å². The standard InChI is InChI=1S/C14H20BrNO3S/c15-13-8-12(10-17)6-7-14(13)20(18,19)16-9-11-4-2-1-3-5-11/h6-8,11,16-17H,1-5,9-10H2. The lowest BCUT2D eigenvalue weighted by Crippen LogP contribution is -2.30. The minimum atomic E-state index is -3.49. The van der Waals surface area contributed by atoms with E-state index in [0.717, 1.165) is 12.8 Å². The zero-order valence-corrected chi connectivity index (χ0v) is 13.7. The average Bonchev–Trinajstić information content (AvgIpc) is 2.46. The van der Waals surface area contributed by atoms with E-state index in [4.69, 9.17) is 5.11 Å². The maximum Gasteiger partial charge on any atom is 0.241 e. The number of hydrogen-bond donors (Lipinski definition) is 2. The van der Waals surface area contributed by atoms with E-state index < -0.39 is 10.0 Å². The van der Waals surface area contributed by atoms with E-state index in [1.54, 1.807) is 12.1 Å². The number of aliphatic hydroxyl groups excluding tert-OH is 1. The third kappa shape index (κ3) is 4.04. The molecule has 1 aliphatic carbocycles. The molecule has 0 unspecified atom stereocenters. The van der Waals surface area contributed by atoms with Gasteiger partial charge in [0.05, 0.1) is 11.5 Å². The van der Waals surface area contributed by atoms with Crippen molar-refractivity contribution in [3.05, 3.63) is 28.2 Å². The molecule has 0 heterocycles. The van der Waals surface area contributed by atoms with Gasteiger partial charge in [0.1, 0.15) is 0 Å². The van der Waals surface area contributed by atoms with Gasteiger partial charge >= 0.3 is 0 Å². The molecule has 1 aromatic carbocycles. The van der Waals surface area contributed by atoms with Crippen LogP contribution in [0, 0.1) is 5.92 Å². The quantitative estimate of drug-likeness (QED) is 0.847. The van der Waals surface area contributed by atoms with Crippen molar-refractivity contribution in [3.8, 4) is 0 Å². The third-order valence-corrected chi connectivity index (χ3v) is 6.16. The number of nitrogens with one attached hydrogen (secondary N) is 1. The Kier molecular flexibility index (Phi) is 5.60. The van der Waals surface area contributed by atoms with Gasteiger partial charge in [0.25, 0.3) is 0 Å². The molecular formula is C14H20BrNO3S. The van der Waals surface area contributed by atoms with Gasteiger partial charge in [0.15, 0.2) is 0 Å². The molecule has 0 aromatic heterocycles. The molecule has 112 valence electrons. The van der Waals surface area contributed by atoms with Crippen molar-refractivity contribution in [2.45, 2.75) is 43.6 Å². The molecule has 0 atom stereocenters. The van der Waals surface area contributed by atoms with Gasteiger partial charge in [-0.25, -0.2) is 13.1 Å². The van der Waals surface area contributed by atoms with E-state index in [9.17, 15) is 8.42 Å². The monoisotopic (exact) mass is 361 g/mol. The number of sulfonamides is 1. The molecule has 2 N–H and O–H groups in total. The van der Waals surface area contributed by atoms with E-state index in [0.29, 0.717) is 22.5 Å². The first-order valence-corrected chi connectivity index (χ1v) is 9.19. The summed E-state index contributed by atoms with van der Waals surface area (Å²) in [5, 5.41) is 9.04. The highest BCUT2D eigenvalue weighted by atomic mass is 79.9. The molecular weight excluding hydrogens is 342 g/mol. The van der Waals surface area contributed by atoms with Crippen LogP contribution in [-0.4, -0.2) is 20.1 Å². The summed E-state index contributed by atoms with van der Waals surface area (Å²) >= 11 is 3.26. The van der Waals surface area contributed by atoms with Crippen LogP contribution in [0.5, 0.6) is 0 Å². The van der Waals surface area contributed by atoms with Crippen LogP contribution >= 0.6 is 15.9 Å². The fraction of sp³-hybridized carbons (Fsp3) is 0.571. The van der Waals surface area contributed by atoms with E-state index in [1.165, 1.54) is 25.3 Å². The van der Waals surface area contributed by atoms with Crippen LogP contribution in [0.3, 0.4) is 0 Å². The van der Waals surface area contributed by atoms with Gasteiger partial charge in [-0.05, 0) is 52.4 Å².